The highest BCUT2D eigenvalue weighted by atomic mass is 32.1. The molecule has 1 spiro atoms. The van der Waals surface area contributed by atoms with Gasteiger partial charge in [-0.15, -0.1) is 11.3 Å². The molecule has 0 atom stereocenters. The van der Waals surface area contributed by atoms with Gasteiger partial charge in [0.15, 0.2) is 0 Å². The van der Waals surface area contributed by atoms with Gasteiger partial charge in [0, 0.05) is 11.6 Å². The van der Waals surface area contributed by atoms with Crippen molar-refractivity contribution in [2.75, 3.05) is 0 Å². The van der Waals surface area contributed by atoms with Crippen molar-refractivity contribution in [3.8, 4) is 0 Å². The first-order chi connectivity index (χ1) is 8.72. The van der Waals surface area contributed by atoms with Gasteiger partial charge in [0.05, 0.1) is 6.54 Å². The Bertz CT molecular complexity index is 466. The predicted molar refractivity (Wildman–Crippen MR) is 67.0 cm³/mol. The van der Waals surface area contributed by atoms with E-state index in [0.717, 1.165) is 37.1 Å². The summed E-state index contributed by atoms with van der Waals surface area (Å²) in [6, 6.07) is -0.267. The van der Waals surface area contributed by atoms with Gasteiger partial charge < -0.3 is 4.90 Å². The second kappa shape index (κ2) is 4.35. The van der Waals surface area contributed by atoms with Crippen LogP contribution in [0.25, 0.3) is 0 Å². The summed E-state index contributed by atoms with van der Waals surface area (Å²) in [5.41, 5.74) is -0.610. The number of imide groups is 1. The monoisotopic (exact) mass is 265 g/mol. The number of rotatable bonds is 2. The molecule has 6 heteroatoms. The Morgan fingerprint density at radius 2 is 2.11 bits per heavy atom. The van der Waals surface area contributed by atoms with Crippen LogP contribution in [-0.4, -0.2) is 27.4 Å². The molecule has 0 aromatic carbocycles. The lowest BCUT2D eigenvalue weighted by molar-refractivity contribution is -0.128. The number of aromatic nitrogens is 1. The van der Waals surface area contributed by atoms with Crippen LogP contribution in [0.15, 0.2) is 11.6 Å². The van der Waals surface area contributed by atoms with Crippen LogP contribution < -0.4 is 5.32 Å². The maximum Gasteiger partial charge on any atom is 0.325 e. The molecule has 2 aliphatic rings. The number of hydrogen-bond donors (Lipinski definition) is 1. The average Bonchev–Trinajstić information content (AvgIpc) is 2.95. The van der Waals surface area contributed by atoms with E-state index in [4.69, 9.17) is 0 Å². The van der Waals surface area contributed by atoms with E-state index < -0.39 is 5.54 Å². The molecule has 0 radical (unpaired) electrons. The molecule has 18 heavy (non-hydrogen) atoms. The summed E-state index contributed by atoms with van der Waals surface area (Å²) in [7, 11) is 0. The number of carbonyl (C=O) groups excluding carboxylic acids is 2. The maximum atomic E-state index is 12.1. The van der Waals surface area contributed by atoms with Gasteiger partial charge in [-0.25, -0.2) is 9.78 Å². The Morgan fingerprint density at radius 3 is 2.78 bits per heavy atom. The summed E-state index contributed by atoms with van der Waals surface area (Å²) in [6.07, 6.45) is 6.44. The third kappa shape index (κ3) is 1.71. The number of hydrogen-bond acceptors (Lipinski definition) is 4. The van der Waals surface area contributed by atoms with Gasteiger partial charge in [-0.2, -0.15) is 0 Å². The highest BCUT2D eigenvalue weighted by Gasteiger charge is 2.52. The molecule has 1 aromatic rings. The molecule has 2 heterocycles. The number of nitrogens with zero attached hydrogens (tertiary/aromatic N) is 2. The molecule has 1 aliphatic carbocycles. The third-order valence-corrected chi connectivity index (χ3v) is 4.63. The second-order valence-electron chi connectivity index (χ2n) is 4.86. The molecule has 0 bridgehead atoms. The molecule has 1 saturated heterocycles. The van der Waals surface area contributed by atoms with Crippen molar-refractivity contribution in [1.29, 1.82) is 0 Å². The fraction of sp³-hybridized carbons (Fsp3) is 0.583. The summed E-state index contributed by atoms with van der Waals surface area (Å²) in [5.74, 6) is -0.122. The minimum absolute atomic E-state index is 0.122. The van der Waals surface area contributed by atoms with E-state index in [9.17, 15) is 9.59 Å². The lowest BCUT2D eigenvalue weighted by atomic mass is 9.80. The molecule has 1 saturated carbocycles. The van der Waals surface area contributed by atoms with Crippen molar-refractivity contribution in [1.82, 2.24) is 15.2 Å². The lowest BCUT2D eigenvalue weighted by Gasteiger charge is -2.37. The first-order valence-electron chi connectivity index (χ1n) is 6.24. The largest absolute Gasteiger partial charge is 0.325 e. The molecule has 3 rings (SSSR count). The van der Waals surface area contributed by atoms with Gasteiger partial charge in [0.1, 0.15) is 10.5 Å². The Labute approximate surface area is 109 Å². The predicted octanol–water partition coefficient (Wildman–Crippen LogP) is 1.90. The van der Waals surface area contributed by atoms with E-state index in [1.807, 2.05) is 5.38 Å². The quantitative estimate of drug-likeness (QED) is 0.831. The number of carbonyl (C=O) groups is 2. The molecule has 1 aliphatic heterocycles. The Kier molecular flexibility index (Phi) is 2.81. The fourth-order valence-corrected chi connectivity index (χ4v) is 3.53. The van der Waals surface area contributed by atoms with Crippen LogP contribution in [0.3, 0.4) is 0 Å². The summed E-state index contributed by atoms with van der Waals surface area (Å²) in [5, 5.41) is 5.23. The molecular weight excluding hydrogens is 250 g/mol. The van der Waals surface area contributed by atoms with E-state index in [1.54, 1.807) is 11.1 Å². The number of amides is 3. The second-order valence-corrected chi connectivity index (χ2v) is 5.84. The van der Waals surface area contributed by atoms with Gasteiger partial charge in [-0.1, -0.05) is 19.3 Å². The summed E-state index contributed by atoms with van der Waals surface area (Å²) in [6.45, 7) is 0.440. The van der Waals surface area contributed by atoms with E-state index >= 15 is 0 Å². The minimum Gasteiger partial charge on any atom is -0.303 e. The van der Waals surface area contributed by atoms with Crippen molar-refractivity contribution in [2.45, 2.75) is 44.2 Å². The molecule has 2 fully saturated rings. The molecule has 96 valence electrons. The topological polar surface area (TPSA) is 62.3 Å². The van der Waals surface area contributed by atoms with Crippen molar-refractivity contribution < 1.29 is 9.59 Å². The number of thiazole rings is 1. The van der Waals surface area contributed by atoms with Crippen LogP contribution in [0.5, 0.6) is 0 Å². The Balaban J connectivity index is 1.89. The zero-order chi connectivity index (χ0) is 12.6. The normalized spacial score (nSPS) is 22.6. The summed E-state index contributed by atoms with van der Waals surface area (Å²) in [4.78, 5) is 30.0. The van der Waals surface area contributed by atoms with Gasteiger partial charge >= 0.3 is 6.03 Å². The average molecular weight is 265 g/mol. The molecule has 0 unspecified atom stereocenters. The van der Waals surface area contributed by atoms with Crippen LogP contribution >= 0.6 is 11.3 Å². The zero-order valence-electron chi connectivity index (χ0n) is 10.0. The maximum absolute atomic E-state index is 12.1. The first kappa shape index (κ1) is 11.6. The molecule has 1 N–H and O–H groups in total. The number of nitrogens with one attached hydrogen (secondary N) is 1. The van der Waals surface area contributed by atoms with Crippen LogP contribution in [0, 0.1) is 0 Å². The van der Waals surface area contributed by atoms with Gasteiger partial charge in [0.25, 0.3) is 5.91 Å². The smallest absolute Gasteiger partial charge is 0.303 e. The minimum atomic E-state index is -0.610. The van der Waals surface area contributed by atoms with Crippen molar-refractivity contribution in [3.05, 3.63) is 16.6 Å². The van der Waals surface area contributed by atoms with Crippen LogP contribution in [0.4, 0.5) is 4.79 Å². The summed E-state index contributed by atoms with van der Waals surface area (Å²) < 4.78 is 0. The van der Waals surface area contributed by atoms with E-state index in [0.29, 0.717) is 6.54 Å². The fourth-order valence-electron chi connectivity index (χ4n) is 2.92. The van der Waals surface area contributed by atoms with Crippen LogP contribution in [0.1, 0.15) is 37.1 Å². The highest BCUT2D eigenvalue weighted by molar-refractivity contribution is 7.09. The van der Waals surface area contributed by atoms with Crippen molar-refractivity contribution in [2.24, 2.45) is 0 Å². The van der Waals surface area contributed by atoms with Crippen molar-refractivity contribution in [3.63, 3.8) is 0 Å². The standard InChI is InChI=1S/C12H15N3O2S/c16-10-12(4-2-1-3-5-12)15(11(17)14-10)8-9-13-6-7-18-9/h6-7H,1-5,8H2,(H,14,16,17). The van der Waals surface area contributed by atoms with Crippen molar-refractivity contribution >= 4 is 23.3 Å². The molecular formula is C12H15N3O2S. The van der Waals surface area contributed by atoms with Gasteiger partial charge in [0.2, 0.25) is 0 Å². The van der Waals surface area contributed by atoms with Crippen LogP contribution in [0.2, 0.25) is 0 Å². The van der Waals surface area contributed by atoms with E-state index in [1.165, 1.54) is 11.3 Å². The molecule has 3 amide bonds. The number of urea groups is 1. The lowest BCUT2D eigenvalue weighted by Crippen LogP contribution is -2.50. The zero-order valence-corrected chi connectivity index (χ0v) is 10.8. The van der Waals surface area contributed by atoms with Gasteiger partial charge in [-0.05, 0) is 12.8 Å². The van der Waals surface area contributed by atoms with Gasteiger partial charge in [-0.3, -0.25) is 10.1 Å². The van der Waals surface area contributed by atoms with E-state index in [-0.39, 0.29) is 11.9 Å². The Hall–Kier alpha value is -1.43. The Morgan fingerprint density at radius 1 is 1.33 bits per heavy atom. The highest BCUT2D eigenvalue weighted by Crippen LogP contribution is 2.38. The van der Waals surface area contributed by atoms with E-state index in [2.05, 4.69) is 10.3 Å². The first-order valence-corrected chi connectivity index (χ1v) is 7.12. The molecule has 5 nitrogen and oxygen atoms in total. The van der Waals surface area contributed by atoms with Crippen LogP contribution in [-0.2, 0) is 11.3 Å². The third-order valence-electron chi connectivity index (χ3n) is 3.86. The SMILES string of the molecule is O=C1NC(=O)C2(CCCCC2)N1Cc1nccs1. The summed E-state index contributed by atoms with van der Waals surface area (Å²) >= 11 is 1.52. The molecule has 1 aromatic heterocycles.